The first kappa shape index (κ1) is 12.6. The zero-order valence-electron chi connectivity index (χ0n) is 8.75. The molecule has 0 aromatic heterocycles. The van der Waals surface area contributed by atoms with Gasteiger partial charge >= 0.3 is 0 Å². The van der Waals surface area contributed by atoms with Crippen LogP contribution in [0.4, 0.5) is 0 Å². The highest BCUT2D eigenvalue weighted by molar-refractivity contribution is 4.74. The van der Waals surface area contributed by atoms with Crippen LogP contribution in [-0.4, -0.2) is 18.8 Å². The quantitative estimate of drug-likeness (QED) is 0.262. The lowest BCUT2D eigenvalue weighted by Gasteiger charge is -2.22. The Labute approximate surface area is 81.3 Å². The number of allylic oxidation sites excluding steroid dienone is 1. The molecule has 0 aliphatic rings. The molecule has 0 saturated heterocycles. The summed E-state index contributed by atoms with van der Waals surface area (Å²) in [6.45, 7) is 8.46. The topological polar surface area (TPSA) is 47.3 Å². The van der Waals surface area contributed by atoms with Gasteiger partial charge in [-0.25, -0.2) is 0 Å². The standard InChI is InChI=1S/C10H22N2O/c1-4-6-7-8-10(12-11)9(3)13-5-2/h4,9-10,12H,1,5-8,11H2,2-3H3. The minimum absolute atomic E-state index is 0.180. The highest BCUT2D eigenvalue weighted by Crippen LogP contribution is 2.07. The number of rotatable bonds is 8. The maximum atomic E-state index is 5.46. The number of hydrazine groups is 1. The lowest BCUT2D eigenvalue weighted by atomic mass is 10.1. The summed E-state index contributed by atoms with van der Waals surface area (Å²) < 4.78 is 5.46. The van der Waals surface area contributed by atoms with Crippen molar-refractivity contribution in [2.24, 2.45) is 5.84 Å². The summed E-state index contributed by atoms with van der Waals surface area (Å²) >= 11 is 0. The van der Waals surface area contributed by atoms with E-state index in [-0.39, 0.29) is 12.1 Å². The molecule has 0 aromatic carbocycles. The second-order valence-electron chi connectivity index (χ2n) is 3.15. The van der Waals surface area contributed by atoms with E-state index in [4.69, 9.17) is 10.6 Å². The van der Waals surface area contributed by atoms with Crippen molar-refractivity contribution in [2.75, 3.05) is 6.61 Å². The molecule has 0 saturated carbocycles. The van der Waals surface area contributed by atoms with Crippen molar-refractivity contribution in [2.45, 2.75) is 45.3 Å². The molecule has 0 amide bonds. The fourth-order valence-corrected chi connectivity index (χ4v) is 1.31. The molecule has 0 spiro atoms. The van der Waals surface area contributed by atoms with Crippen LogP contribution < -0.4 is 11.3 Å². The maximum Gasteiger partial charge on any atom is 0.0713 e. The van der Waals surface area contributed by atoms with Gasteiger partial charge in [0.2, 0.25) is 0 Å². The summed E-state index contributed by atoms with van der Waals surface area (Å²) in [5.74, 6) is 5.43. The Morgan fingerprint density at radius 1 is 1.62 bits per heavy atom. The summed E-state index contributed by atoms with van der Waals surface area (Å²) in [5.41, 5.74) is 2.79. The largest absolute Gasteiger partial charge is 0.377 e. The number of nitrogens with one attached hydrogen (secondary N) is 1. The Morgan fingerprint density at radius 2 is 2.31 bits per heavy atom. The Hall–Kier alpha value is -0.380. The van der Waals surface area contributed by atoms with Crippen molar-refractivity contribution >= 4 is 0 Å². The molecule has 78 valence electrons. The molecule has 0 radical (unpaired) electrons. The van der Waals surface area contributed by atoms with Gasteiger partial charge in [0.1, 0.15) is 0 Å². The summed E-state index contributed by atoms with van der Waals surface area (Å²) in [4.78, 5) is 0. The molecular formula is C10H22N2O. The Bertz CT molecular complexity index is 128. The van der Waals surface area contributed by atoms with Crippen molar-refractivity contribution in [3.8, 4) is 0 Å². The predicted molar refractivity (Wildman–Crippen MR) is 56.2 cm³/mol. The highest BCUT2D eigenvalue weighted by Gasteiger charge is 2.14. The van der Waals surface area contributed by atoms with E-state index in [9.17, 15) is 0 Å². The summed E-state index contributed by atoms with van der Waals surface area (Å²) in [6, 6.07) is 0.250. The summed E-state index contributed by atoms with van der Waals surface area (Å²) in [7, 11) is 0. The van der Waals surface area contributed by atoms with Crippen LogP contribution >= 0.6 is 0 Å². The van der Waals surface area contributed by atoms with Crippen LogP contribution in [0.1, 0.15) is 33.1 Å². The van der Waals surface area contributed by atoms with Crippen LogP contribution in [0.5, 0.6) is 0 Å². The molecule has 3 N–H and O–H groups in total. The molecule has 13 heavy (non-hydrogen) atoms. The van der Waals surface area contributed by atoms with Gasteiger partial charge in [-0.15, -0.1) is 6.58 Å². The zero-order valence-corrected chi connectivity index (χ0v) is 8.75. The van der Waals surface area contributed by atoms with Crippen LogP contribution in [0.15, 0.2) is 12.7 Å². The molecular weight excluding hydrogens is 164 g/mol. The average molecular weight is 186 g/mol. The van der Waals surface area contributed by atoms with Gasteiger partial charge in [0.25, 0.3) is 0 Å². The smallest absolute Gasteiger partial charge is 0.0713 e. The van der Waals surface area contributed by atoms with Gasteiger partial charge in [-0.1, -0.05) is 6.08 Å². The van der Waals surface area contributed by atoms with E-state index >= 15 is 0 Å². The van der Waals surface area contributed by atoms with Gasteiger partial charge in [-0.2, -0.15) is 0 Å². The molecule has 0 aromatic rings. The molecule has 0 aliphatic carbocycles. The number of unbranched alkanes of at least 4 members (excludes halogenated alkanes) is 1. The van der Waals surface area contributed by atoms with Crippen molar-refractivity contribution < 1.29 is 4.74 Å². The fraction of sp³-hybridized carbons (Fsp3) is 0.800. The SMILES string of the molecule is C=CCCCC(NN)C(C)OCC. The van der Waals surface area contributed by atoms with E-state index in [1.165, 1.54) is 0 Å². The Morgan fingerprint density at radius 3 is 2.77 bits per heavy atom. The molecule has 0 fully saturated rings. The number of hydrogen-bond donors (Lipinski definition) is 2. The summed E-state index contributed by atoms with van der Waals surface area (Å²) in [6.07, 6.45) is 5.29. The highest BCUT2D eigenvalue weighted by atomic mass is 16.5. The second kappa shape index (κ2) is 8.23. The van der Waals surface area contributed by atoms with E-state index in [1.807, 2.05) is 19.9 Å². The molecule has 0 aliphatic heterocycles. The van der Waals surface area contributed by atoms with Gasteiger partial charge in [0, 0.05) is 12.6 Å². The third-order valence-corrected chi connectivity index (χ3v) is 2.13. The number of nitrogens with two attached hydrogens (primary N) is 1. The maximum absolute atomic E-state index is 5.46. The molecule has 0 rings (SSSR count). The predicted octanol–water partition coefficient (Wildman–Crippen LogP) is 1.60. The van der Waals surface area contributed by atoms with Crippen molar-refractivity contribution in [3.05, 3.63) is 12.7 Å². The van der Waals surface area contributed by atoms with Crippen molar-refractivity contribution in [1.29, 1.82) is 0 Å². The normalized spacial score (nSPS) is 15.3. The average Bonchev–Trinajstić information content (AvgIpc) is 2.13. The van der Waals surface area contributed by atoms with Crippen LogP contribution in [-0.2, 0) is 4.74 Å². The van der Waals surface area contributed by atoms with Gasteiger partial charge in [-0.3, -0.25) is 11.3 Å². The van der Waals surface area contributed by atoms with Crippen LogP contribution in [0.2, 0.25) is 0 Å². The molecule has 0 bridgehead atoms. The van der Waals surface area contributed by atoms with E-state index < -0.39 is 0 Å². The minimum atomic E-state index is 0.180. The molecule has 2 atom stereocenters. The molecule has 0 heterocycles. The fourth-order valence-electron chi connectivity index (χ4n) is 1.31. The Balaban J connectivity index is 3.65. The van der Waals surface area contributed by atoms with Crippen molar-refractivity contribution in [3.63, 3.8) is 0 Å². The van der Waals surface area contributed by atoms with E-state index in [2.05, 4.69) is 12.0 Å². The monoisotopic (exact) mass is 186 g/mol. The third-order valence-electron chi connectivity index (χ3n) is 2.13. The Kier molecular flexibility index (Phi) is 7.99. The molecule has 2 unspecified atom stereocenters. The first-order chi connectivity index (χ1) is 6.26. The van der Waals surface area contributed by atoms with Crippen molar-refractivity contribution in [1.82, 2.24) is 5.43 Å². The van der Waals surface area contributed by atoms with E-state index in [0.717, 1.165) is 25.9 Å². The van der Waals surface area contributed by atoms with E-state index in [0.29, 0.717) is 0 Å². The number of ether oxygens (including phenoxy) is 1. The molecule has 3 heteroatoms. The lowest BCUT2D eigenvalue weighted by molar-refractivity contribution is 0.0448. The second-order valence-corrected chi connectivity index (χ2v) is 3.15. The van der Waals surface area contributed by atoms with Gasteiger partial charge in [0.05, 0.1) is 6.10 Å². The zero-order chi connectivity index (χ0) is 10.1. The first-order valence-electron chi connectivity index (χ1n) is 4.94. The van der Waals surface area contributed by atoms with Crippen LogP contribution in [0, 0.1) is 0 Å². The summed E-state index contributed by atoms with van der Waals surface area (Å²) in [5, 5.41) is 0. The lowest BCUT2D eigenvalue weighted by Crippen LogP contribution is -2.43. The third kappa shape index (κ3) is 5.80. The van der Waals surface area contributed by atoms with Gasteiger partial charge < -0.3 is 4.74 Å². The van der Waals surface area contributed by atoms with Gasteiger partial charge in [0.15, 0.2) is 0 Å². The van der Waals surface area contributed by atoms with Crippen LogP contribution in [0.3, 0.4) is 0 Å². The number of hydrogen-bond acceptors (Lipinski definition) is 3. The first-order valence-corrected chi connectivity index (χ1v) is 4.94. The minimum Gasteiger partial charge on any atom is -0.377 e. The molecule has 3 nitrogen and oxygen atoms in total. The van der Waals surface area contributed by atoms with E-state index in [1.54, 1.807) is 0 Å². The van der Waals surface area contributed by atoms with Crippen LogP contribution in [0.25, 0.3) is 0 Å². The van der Waals surface area contributed by atoms with Gasteiger partial charge in [-0.05, 0) is 33.1 Å².